The van der Waals surface area contributed by atoms with E-state index in [1.54, 1.807) is 19.1 Å². The Balaban J connectivity index is 1.56. The van der Waals surface area contributed by atoms with E-state index in [4.69, 9.17) is 0 Å². The molecule has 0 radical (unpaired) electrons. The third kappa shape index (κ3) is 3.89. The molecule has 1 aliphatic heterocycles. The molecule has 1 aliphatic carbocycles. The summed E-state index contributed by atoms with van der Waals surface area (Å²) in [5.41, 5.74) is 1.57. The second-order valence-corrected chi connectivity index (χ2v) is 7.98. The van der Waals surface area contributed by atoms with Gasteiger partial charge in [0.1, 0.15) is 5.82 Å². The molecule has 4 rings (SSSR count). The number of benzene rings is 2. The summed E-state index contributed by atoms with van der Waals surface area (Å²) >= 11 is 0. The first kappa shape index (κ1) is 19.9. The van der Waals surface area contributed by atoms with E-state index in [0.29, 0.717) is 16.8 Å². The molecular formula is C22H24F3N3O. The number of anilines is 1. The number of nitrogens with zero attached hydrogens (tertiary/aromatic N) is 2. The lowest BCUT2D eigenvalue weighted by Gasteiger charge is -2.36. The van der Waals surface area contributed by atoms with Crippen LogP contribution in [-0.4, -0.2) is 48.9 Å². The van der Waals surface area contributed by atoms with Gasteiger partial charge in [0, 0.05) is 55.5 Å². The van der Waals surface area contributed by atoms with E-state index in [-0.39, 0.29) is 23.6 Å². The number of piperazine rings is 1. The van der Waals surface area contributed by atoms with Crippen molar-refractivity contribution in [1.82, 2.24) is 9.80 Å². The molecule has 2 aromatic carbocycles. The molecule has 0 spiro atoms. The maximum atomic E-state index is 14.8. The van der Waals surface area contributed by atoms with E-state index in [2.05, 4.69) is 15.1 Å². The molecule has 29 heavy (non-hydrogen) atoms. The SMILES string of the molecule is Cc1cc(C(=O)Nc2ccc3c(c2)C(F)(F)CC3N2CCN(C)CC2)ccc1F. The lowest BCUT2D eigenvalue weighted by atomic mass is 10.0. The summed E-state index contributed by atoms with van der Waals surface area (Å²) in [7, 11) is 2.03. The second kappa shape index (κ2) is 7.46. The predicted molar refractivity (Wildman–Crippen MR) is 106 cm³/mol. The van der Waals surface area contributed by atoms with Gasteiger partial charge in [0.05, 0.1) is 0 Å². The highest BCUT2D eigenvalue weighted by Crippen LogP contribution is 2.50. The number of rotatable bonds is 3. The number of nitrogens with one attached hydrogen (secondary N) is 1. The molecule has 4 nitrogen and oxygen atoms in total. The number of carbonyl (C=O) groups is 1. The van der Waals surface area contributed by atoms with Gasteiger partial charge < -0.3 is 10.2 Å². The molecular weight excluding hydrogens is 379 g/mol. The van der Waals surface area contributed by atoms with E-state index < -0.39 is 17.6 Å². The molecule has 7 heteroatoms. The molecule has 1 saturated heterocycles. The quantitative estimate of drug-likeness (QED) is 0.836. The molecule has 1 N–H and O–H groups in total. The molecule has 0 aromatic heterocycles. The van der Waals surface area contributed by atoms with Crippen molar-refractivity contribution in [3.05, 3.63) is 64.5 Å². The smallest absolute Gasteiger partial charge is 0.275 e. The monoisotopic (exact) mass is 403 g/mol. The Labute approximate surface area is 168 Å². The van der Waals surface area contributed by atoms with Gasteiger partial charge in [-0.05, 0) is 55.4 Å². The molecule has 1 fully saturated rings. The summed E-state index contributed by atoms with van der Waals surface area (Å²) in [6, 6.07) is 8.47. The summed E-state index contributed by atoms with van der Waals surface area (Å²) in [5, 5.41) is 2.66. The lowest BCUT2D eigenvalue weighted by molar-refractivity contribution is -0.0257. The highest BCUT2D eigenvalue weighted by atomic mass is 19.3. The third-order valence-corrected chi connectivity index (χ3v) is 5.91. The Morgan fingerprint density at radius 2 is 1.83 bits per heavy atom. The van der Waals surface area contributed by atoms with Crippen molar-refractivity contribution in [2.75, 3.05) is 38.5 Å². The van der Waals surface area contributed by atoms with Crippen LogP contribution in [0, 0.1) is 12.7 Å². The average molecular weight is 403 g/mol. The number of fused-ring (bicyclic) bond motifs is 1. The zero-order chi connectivity index (χ0) is 20.8. The Morgan fingerprint density at radius 1 is 1.10 bits per heavy atom. The van der Waals surface area contributed by atoms with Crippen LogP contribution < -0.4 is 5.32 Å². The van der Waals surface area contributed by atoms with Gasteiger partial charge >= 0.3 is 0 Å². The van der Waals surface area contributed by atoms with Crippen molar-refractivity contribution >= 4 is 11.6 Å². The number of amides is 1. The molecule has 1 atom stereocenters. The van der Waals surface area contributed by atoms with Gasteiger partial charge in [-0.1, -0.05) is 6.07 Å². The fourth-order valence-electron chi connectivity index (χ4n) is 4.15. The molecule has 2 aliphatic rings. The van der Waals surface area contributed by atoms with Gasteiger partial charge in [-0.15, -0.1) is 0 Å². The first-order valence-electron chi connectivity index (χ1n) is 9.77. The predicted octanol–water partition coefficient (Wildman–Crippen LogP) is 4.17. The first-order chi connectivity index (χ1) is 13.7. The van der Waals surface area contributed by atoms with E-state index in [1.165, 1.54) is 24.3 Å². The maximum Gasteiger partial charge on any atom is 0.275 e. The van der Waals surface area contributed by atoms with Gasteiger partial charge in [0.15, 0.2) is 0 Å². The molecule has 0 saturated carbocycles. The zero-order valence-corrected chi connectivity index (χ0v) is 16.5. The average Bonchev–Trinajstić information content (AvgIpc) is 2.95. The molecule has 0 bridgehead atoms. The summed E-state index contributed by atoms with van der Waals surface area (Å²) in [4.78, 5) is 16.8. The van der Waals surface area contributed by atoms with Crippen LogP contribution in [0.1, 0.15) is 39.5 Å². The molecule has 1 unspecified atom stereocenters. The zero-order valence-electron chi connectivity index (χ0n) is 16.5. The third-order valence-electron chi connectivity index (χ3n) is 5.91. The van der Waals surface area contributed by atoms with Crippen LogP contribution in [0.4, 0.5) is 18.9 Å². The summed E-state index contributed by atoms with van der Waals surface area (Å²) in [6.07, 6.45) is -0.236. The van der Waals surface area contributed by atoms with Gasteiger partial charge in [0.2, 0.25) is 0 Å². The Bertz CT molecular complexity index is 939. The molecule has 1 heterocycles. The molecule has 154 valence electrons. The van der Waals surface area contributed by atoms with Crippen LogP contribution in [0.15, 0.2) is 36.4 Å². The summed E-state index contributed by atoms with van der Waals surface area (Å²) in [6.45, 7) is 4.82. The van der Waals surface area contributed by atoms with Crippen molar-refractivity contribution < 1.29 is 18.0 Å². The van der Waals surface area contributed by atoms with Gasteiger partial charge in [-0.2, -0.15) is 0 Å². The van der Waals surface area contributed by atoms with Crippen molar-refractivity contribution in [3.63, 3.8) is 0 Å². The lowest BCUT2D eigenvalue weighted by Crippen LogP contribution is -2.45. The van der Waals surface area contributed by atoms with Crippen molar-refractivity contribution in [3.8, 4) is 0 Å². The van der Waals surface area contributed by atoms with Gasteiger partial charge in [0.25, 0.3) is 11.8 Å². The number of likely N-dealkylation sites (N-methyl/N-ethyl adjacent to an activating group) is 1. The standard InChI is InChI=1S/C22H24F3N3O/c1-14-11-15(3-6-19(14)23)21(29)26-16-4-5-17-18(12-16)22(24,25)13-20(17)28-9-7-27(2)8-10-28/h3-6,11-12,20H,7-10,13H2,1-2H3,(H,26,29). The minimum atomic E-state index is -2.93. The second-order valence-electron chi connectivity index (χ2n) is 7.98. The number of aryl methyl sites for hydroxylation is 1. The van der Waals surface area contributed by atoms with Crippen LogP contribution in [-0.2, 0) is 5.92 Å². The molecule has 1 amide bonds. The van der Waals surface area contributed by atoms with E-state index >= 15 is 0 Å². The number of hydrogen-bond acceptors (Lipinski definition) is 3. The Hall–Kier alpha value is -2.38. The normalized spacial score (nSPS) is 21.8. The Kier molecular flexibility index (Phi) is 5.12. The fraction of sp³-hybridized carbons (Fsp3) is 0.409. The van der Waals surface area contributed by atoms with E-state index in [9.17, 15) is 18.0 Å². The minimum absolute atomic E-state index is 0.0190. The van der Waals surface area contributed by atoms with Crippen LogP contribution in [0.25, 0.3) is 0 Å². The molecule has 2 aromatic rings. The van der Waals surface area contributed by atoms with Crippen molar-refractivity contribution in [2.24, 2.45) is 0 Å². The fourth-order valence-corrected chi connectivity index (χ4v) is 4.15. The number of alkyl halides is 2. The minimum Gasteiger partial charge on any atom is -0.322 e. The van der Waals surface area contributed by atoms with Crippen LogP contribution in [0.3, 0.4) is 0 Å². The van der Waals surface area contributed by atoms with E-state index in [1.807, 2.05) is 7.05 Å². The van der Waals surface area contributed by atoms with Crippen LogP contribution in [0.2, 0.25) is 0 Å². The van der Waals surface area contributed by atoms with Crippen molar-refractivity contribution in [1.29, 1.82) is 0 Å². The highest BCUT2D eigenvalue weighted by molar-refractivity contribution is 6.04. The first-order valence-corrected chi connectivity index (χ1v) is 9.77. The van der Waals surface area contributed by atoms with E-state index in [0.717, 1.165) is 26.2 Å². The summed E-state index contributed by atoms with van der Waals surface area (Å²) < 4.78 is 42.9. The van der Waals surface area contributed by atoms with Crippen LogP contribution >= 0.6 is 0 Å². The topological polar surface area (TPSA) is 35.6 Å². The van der Waals surface area contributed by atoms with Crippen LogP contribution in [0.5, 0.6) is 0 Å². The highest BCUT2D eigenvalue weighted by Gasteiger charge is 2.47. The number of carbonyl (C=O) groups excluding carboxylic acids is 1. The summed E-state index contributed by atoms with van der Waals surface area (Å²) in [5.74, 6) is -3.78. The number of halogens is 3. The van der Waals surface area contributed by atoms with Gasteiger partial charge in [-0.25, -0.2) is 13.2 Å². The van der Waals surface area contributed by atoms with Crippen molar-refractivity contribution in [2.45, 2.75) is 25.3 Å². The maximum absolute atomic E-state index is 14.8. The Morgan fingerprint density at radius 3 is 2.52 bits per heavy atom. The number of hydrogen-bond donors (Lipinski definition) is 1. The largest absolute Gasteiger partial charge is 0.322 e. The van der Waals surface area contributed by atoms with Gasteiger partial charge in [-0.3, -0.25) is 9.69 Å².